The van der Waals surface area contributed by atoms with Crippen LogP contribution in [0.25, 0.3) is 0 Å². The van der Waals surface area contributed by atoms with E-state index in [1.54, 1.807) is 24.0 Å². The number of rotatable bonds is 6. The minimum atomic E-state index is -1.63. The van der Waals surface area contributed by atoms with Crippen molar-refractivity contribution in [1.29, 1.82) is 0 Å². The van der Waals surface area contributed by atoms with Crippen molar-refractivity contribution in [3.63, 3.8) is 0 Å². The van der Waals surface area contributed by atoms with E-state index in [1.807, 2.05) is 66.6 Å². The summed E-state index contributed by atoms with van der Waals surface area (Å²) < 4.78 is 4.50. The van der Waals surface area contributed by atoms with Gasteiger partial charge in [0.1, 0.15) is 29.1 Å². The molecule has 0 saturated heterocycles. The molecule has 0 saturated carbocycles. The van der Waals surface area contributed by atoms with E-state index in [4.69, 9.17) is 0 Å². The van der Waals surface area contributed by atoms with Crippen LogP contribution in [0.4, 0.5) is 0 Å². The first-order valence-corrected chi connectivity index (χ1v) is 18.9. The summed E-state index contributed by atoms with van der Waals surface area (Å²) in [4.78, 5) is 34.1. The summed E-state index contributed by atoms with van der Waals surface area (Å²) >= 11 is -1.63. The summed E-state index contributed by atoms with van der Waals surface area (Å²) in [5.41, 5.74) is -0.128. The third-order valence-electron chi connectivity index (χ3n) is 7.29. The van der Waals surface area contributed by atoms with Gasteiger partial charge in [-0.1, -0.05) is 36.4 Å². The molecule has 1 aliphatic rings. The molecular formula is C39H29CoGeO3P+. The molecule has 0 fully saturated rings. The Morgan fingerprint density at radius 2 is 0.867 bits per heavy atom. The van der Waals surface area contributed by atoms with Gasteiger partial charge in [0.25, 0.3) is 0 Å². The van der Waals surface area contributed by atoms with Crippen LogP contribution in [0.5, 0.6) is 0 Å². The van der Waals surface area contributed by atoms with Gasteiger partial charge >= 0.3 is 119 Å². The number of allylic oxidation sites excluding steroid dienone is 5. The van der Waals surface area contributed by atoms with Crippen molar-refractivity contribution in [1.82, 2.24) is 0 Å². The molecule has 3 nitrogen and oxygen atoms in total. The van der Waals surface area contributed by atoms with Crippen LogP contribution in [-0.2, 0) is 31.2 Å². The summed E-state index contributed by atoms with van der Waals surface area (Å²) in [7, 11) is -1.46. The molecule has 45 heavy (non-hydrogen) atoms. The molecule has 0 aliphatic heterocycles. The van der Waals surface area contributed by atoms with Crippen molar-refractivity contribution >= 4 is 63.9 Å². The Bertz CT molecular complexity index is 1730. The third kappa shape index (κ3) is 8.24. The molecule has 220 valence electrons. The van der Waals surface area contributed by atoms with Crippen molar-refractivity contribution in [2.24, 2.45) is 0 Å². The molecule has 1 aliphatic carbocycles. The van der Waals surface area contributed by atoms with Gasteiger partial charge < -0.3 is 0 Å². The topological polar surface area (TPSA) is 51.2 Å². The third-order valence-corrected chi connectivity index (χ3v) is 16.0. The molecule has 1 atom stereocenters. The van der Waals surface area contributed by atoms with Gasteiger partial charge in [-0.3, -0.25) is 0 Å². The van der Waals surface area contributed by atoms with Gasteiger partial charge in [-0.15, -0.1) is 0 Å². The Morgan fingerprint density at radius 1 is 0.489 bits per heavy atom. The number of hydrogen-bond donors (Lipinski definition) is 0. The van der Waals surface area contributed by atoms with Crippen LogP contribution >= 0.6 is 7.92 Å². The average molecular weight is 708 g/mol. The molecule has 6 rings (SSSR count). The molecule has 1 unspecified atom stereocenters. The molecule has 0 aromatic heterocycles. The molecule has 6 heteroatoms. The van der Waals surface area contributed by atoms with E-state index in [-0.39, 0.29) is 39.2 Å². The summed E-state index contributed by atoms with van der Waals surface area (Å²) in [6.07, 6.45) is 3.35. The summed E-state index contributed by atoms with van der Waals surface area (Å²) in [5.74, 6) is 5.31. The Labute approximate surface area is 279 Å². The van der Waals surface area contributed by atoms with E-state index >= 15 is 0 Å². The average Bonchev–Trinajstić information content (AvgIpc) is 3.11. The summed E-state index contributed by atoms with van der Waals surface area (Å²) in [6.45, 7) is 0. The van der Waals surface area contributed by atoms with Gasteiger partial charge in [0.05, 0.1) is 29.7 Å². The van der Waals surface area contributed by atoms with Crippen molar-refractivity contribution in [2.45, 2.75) is 5.66 Å². The molecule has 0 bridgehead atoms. The van der Waals surface area contributed by atoms with Crippen LogP contribution in [0, 0.1) is 0 Å². The maximum absolute atomic E-state index is 11.6. The van der Waals surface area contributed by atoms with Crippen molar-refractivity contribution in [2.75, 3.05) is 0 Å². The van der Waals surface area contributed by atoms with E-state index in [0.29, 0.717) is 0 Å². The van der Waals surface area contributed by atoms with Gasteiger partial charge in [0, 0.05) is 16.8 Å². The molecule has 5 aromatic rings. The Kier molecular flexibility index (Phi) is 12.9. The Hall–Kier alpha value is -4.33. The normalized spacial score (nSPS) is 13.6. The zero-order valence-electron chi connectivity index (χ0n) is 24.2. The van der Waals surface area contributed by atoms with Crippen LogP contribution in [0.1, 0.15) is 0 Å². The van der Waals surface area contributed by atoms with Crippen molar-refractivity contribution in [3.05, 3.63) is 181 Å². The second-order valence-electron chi connectivity index (χ2n) is 9.96. The first kappa shape index (κ1) is 33.6. The fourth-order valence-electron chi connectivity index (χ4n) is 5.30. The van der Waals surface area contributed by atoms with Gasteiger partial charge in [0.2, 0.25) is 0 Å². The van der Waals surface area contributed by atoms with E-state index in [9.17, 15) is 14.4 Å². The Morgan fingerprint density at radius 3 is 1.20 bits per heavy atom. The minimum absolute atomic E-state index is 0. The van der Waals surface area contributed by atoms with Crippen molar-refractivity contribution in [3.8, 4) is 0 Å². The van der Waals surface area contributed by atoms with E-state index in [1.165, 1.54) is 13.2 Å². The van der Waals surface area contributed by atoms with Gasteiger partial charge in [-0.25, -0.2) is 14.4 Å². The fourth-order valence-corrected chi connectivity index (χ4v) is 13.6. The first-order chi connectivity index (χ1) is 21.7. The second-order valence-corrected chi connectivity index (χ2v) is 17.8. The van der Waals surface area contributed by atoms with Crippen molar-refractivity contribution < 1.29 is 31.2 Å². The van der Waals surface area contributed by atoms with Crippen LogP contribution in [0.2, 0.25) is 0 Å². The van der Waals surface area contributed by atoms with Crippen LogP contribution in [0.15, 0.2) is 181 Å². The number of benzene rings is 5. The van der Waals surface area contributed by atoms with Crippen LogP contribution in [-0.4, -0.2) is 37.8 Å². The first-order valence-electron chi connectivity index (χ1n) is 14.2. The second kappa shape index (κ2) is 17.2. The van der Waals surface area contributed by atoms with E-state index in [0.717, 1.165) is 10.6 Å². The van der Waals surface area contributed by atoms with Gasteiger partial charge in [-0.05, 0) is 36.4 Å². The fraction of sp³-hybridized carbons (Fsp3) is 0.0256. The maximum atomic E-state index is 11.6. The number of carbonyl (C=O) groups excluding carboxylic acids is 3. The standard InChI is InChI=1S/C21H13O3P.C18H15Ge.Co/c22-13-16-11-12-21(20(15-24)19(16)14-23)25(17-7-3-1-4-8-17)18-9-5-2-6-10-18;1-4-10-16(11-5-1)19(17-12-6-2-7-13-17)18-14-8-3-9-15-18;/h1-12,21H;1-15H;/p+1. The molecule has 0 amide bonds. The van der Waals surface area contributed by atoms with Gasteiger partial charge in [-0.2, -0.15) is 0 Å². The molecule has 5 aromatic carbocycles. The molecule has 0 spiro atoms. The molecule has 0 heterocycles. The van der Waals surface area contributed by atoms with E-state index in [2.05, 4.69) is 91.0 Å². The predicted molar refractivity (Wildman–Crippen MR) is 185 cm³/mol. The number of hydrogen-bond acceptors (Lipinski definition) is 3. The van der Waals surface area contributed by atoms with Crippen LogP contribution in [0.3, 0.4) is 0 Å². The van der Waals surface area contributed by atoms with Gasteiger partial charge in [0.15, 0.2) is 0 Å². The summed E-state index contributed by atoms with van der Waals surface area (Å²) in [5, 5.41) is 2.20. The quantitative estimate of drug-likeness (QED) is 0.151. The molecular weight excluding hydrogens is 679 g/mol. The molecule has 2 radical (unpaired) electrons. The van der Waals surface area contributed by atoms with E-state index < -0.39 is 22.3 Å². The zero-order chi connectivity index (χ0) is 30.6. The molecule has 0 N–H and O–H groups in total. The zero-order valence-corrected chi connectivity index (χ0v) is 28.4. The monoisotopic (exact) mass is 709 g/mol. The van der Waals surface area contributed by atoms with Crippen LogP contribution < -0.4 is 23.8 Å². The predicted octanol–water partition coefficient (Wildman–Crippen LogP) is 4.26. The summed E-state index contributed by atoms with van der Waals surface area (Å²) in [6, 6.07) is 52.6. The Balaban J connectivity index is 0.000000207. The SMILES string of the molecule is O=C=C1C=CC([PH+](c2ccccc2)c2ccccc2)C(=C=O)C1=C=O.[Co].c1cc[c]([Ge]([c]2ccccc2)[c]2ccccc2)cc1.